The summed E-state index contributed by atoms with van der Waals surface area (Å²) in [5.74, 6) is 0.0682. The van der Waals surface area contributed by atoms with Gasteiger partial charge in [0.05, 0.1) is 27.5 Å². The van der Waals surface area contributed by atoms with Gasteiger partial charge in [0.15, 0.2) is 4.34 Å². The lowest BCUT2D eigenvalue weighted by Gasteiger charge is -2.37. The zero-order chi connectivity index (χ0) is 40.1. The van der Waals surface area contributed by atoms with Gasteiger partial charge < -0.3 is 15.2 Å². The summed E-state index contributed by atoms with van der Waals surface area (Å²) >= 11 is 15.1. The van der Waals surface area contributed by atoms with Crippen LogP contribution in [-0.4, -0.2) is 68.5 Å². The van der Waals surface area contributed by atoms with Crippen molar-refractivity contribution in [2.24, 2.45) is 5.73 Å². The number of nitrogens with zero attached hydrogens (tertiary/aromatic N) is 4. The molecule has 3 amide bonds. The number of hydrogen-bond acceptors (Lipinski definition) is 10. The fourth-order valence-electron chi connectivity index (χ4n) is 6.11. The van der Waals surface area contributed by atoms with E-state index >= 15 is 0 Å². The highest BCUT2D eigenvalue weighted by molar-refractivity contribution is 7.99. The molecule has 0 radical (unpaired) electrons. The van der Waals surface area contributed by atoms with Crippen LogP contribution in [0.15, 0.2) is 76.4 Å². The lowest BCUT2D eigenvalue weighted by molar-refractivity contribution is -0.126. The number of imide groups is 1. The monoisotopic (exact) mass is 825 g/mol. The largest absolute Gasteiger partial charge is 0.488 e. The summed E-state index contributed by atoms with van der Waals surface area (Å²) in [5.41, 5.74) is 8.83. The number of ether oxygens (including phenoxy) is 2. The van der Waals surface area contributed by atoms with Gasteiger partial charge in [-0.3, -0.25) is 18.8 Å². The Labute approximate surface area is 342 Å². The highest BCUT2D eigenvalue weighted by Gasteiger charge is 2.33. The highest BCUT2D eigenvalue weighted by atomic mass is 35.5. The molecule has 294 valence electrons. The Hall–Kier alpha value is -3.65. The number of halogens is 2. The Kier molecular flexibility index (Phi) is 14.0. The molecule has 5 rings (SSSR count). The summed E-state index contributed by atoms with van der Waals surface area (Å²) in [7, 11) is 0. The molecule has 2 N–H and O–H groups in total. The van der Waals surface area contributed by atoms with Gasteiger partial charge in [0, 0.05) is 55.5 Å². The molecule has 1 aliphatic rings. The van der Waals surface area contributed by atoms with Crippen LogP contribution in [0.25, 0.3) is 11.3 Å². The number of rotatable bonds is 11. The third kappa shape index (κ3) is 12.2. The van der Waals surface area contributed by atoms with Crippen LogP contribution in [0, 0.1) is 0 Å². The third-order valence-electron chi connectivity index (χ3n) is 8.57. The maximum atomic E-state index is 14.0. The molecule has 55 heavy (non-hydrogen) atoms. The van der Waals surface area contributed by atoms with Crippen molar-refractivity contribution in [3.8, 4) is 17.0 Å². The van der Waals surface area contributed by atoms with Crippen LogP contribution >= 0.6 is 46.5 Å². The zero-order valence-corrected chi connectivity index (χ0v) is 35.5. The van der Waals surface area contributed by atoms with Crippen LogP contribution in [0.2, 0.25) is 10.0 Å². The smallest absolute Gasteiger partial charge is 0.421 e. The first kappa shape index (κ1) is 42.5. The number of carbonyl (C=O) groups excluding carboxylic acids is 3. The quantitative estimate of drug-likeness (QED) is 0.148. The van der Waals surface area contributed by atoms with Crippen molar-refractivity contribution in [1.29, 1.82) is 0 Å². The first-order valence-corrected chi connectivity index (χ1v) is 20.6. The predicted molar refractivity (Wildman–Crippen MR) is 223 cm³/mol. The molecule has 1 atom stereocenters. The van der Waals surface area contributed by atoms with E-state index in [4.69, 9.17) is 43.4 Å². The molecule has 10 nitrogen and oxygen atoms in total. The van der Waals surface area contributed by atoms with E-state index in [2.05, 4.69) is 4.90 Å². The molecule has 0 saturated carbocycles. The van der Waals surface area contributed by atoms with Crippen LogP contribution < -0.4 is 15.4 Å². The zero-order valence-electron chi connectivity index (χ0n) is 32.3. The third-order valence-corrected chi connectivity index (χ3v) is 11.5. The molecule has 3 aromatic carbocycles. The molecule has 14 heteroatoms. The minimum atomic E-state index is -1.03. The number of likely N-dealkylation sites (tertiary alicyclic amines) is 1. The van der Waals surface area contributed by atoms with Gasteiger partial charge in [-0.25, -0.2) is 14.7 Å². The van der Waals surface area contributed by atoms with Crippen LogP contribution in [0.4, 0.5) is 10.5 Å². The molecule has 1 aliphatic heterocycles. The minimum absolute atomic E-state index is 0.0382. The van der Waals surface area contributed by atoms with Gasteiger partial charge >= 0.3 is 6.09 Å². The molecule has 0 aliphatic carbocycles. The first-order chi connectivity index (χ1) is 25.8. The van der Waals surface area contributed by atoms with Crippen molar-refractivity contribution >= 4 is 70.1 Å². The number of anilines is 1. The maximum Gasteiger partial charge on any atom is 0.421 e. The number of amides is 3. The normalized spacial score (nSPS) is 14.7. The lowest BCUT2D eigenvalue weighted by atomic mass is 10.0. The van der Waals surface area contributed by atoms with E-state index in [9.17, 15) is 14.4 Å². The molecule has 1 aromatic heterocycles. The minimum Gasteiger partial charge on any atom is -0.488 e. The average molecular weight is 827 g/mol. The van der Waals surface area contributed by atoms with E-state index in [0.717, 1.165) is 48.5 Å². The molecule has 0 bridgehead atoms. The van der Waals surface area contributed by atoms with Gasteiger partial charge in [0.25, 0.3) is 5.91 Å². The fourth-order valence-corrected chi connectivity index (χ4v) is 8.33. The highest BCUT2D eigenvalue weighted by Crippen LogP contribution is 2.35. The molecule has 0 unspecified atom stereocenters. The summed E-state index contributed by atoms with van der Waals surface area (Å²) in [6, 6.07) is 19.1. The van der Waals surface area contributed by atoms with E-state index in [0.29, 0.717) is 37.1 Å². The van der Waals surface area contributed by atoms with Crippen molar-refractivity contribution in [1.82, 2.24) is 14.2 Å². The number of hydrogen-bond donors (Lipinski definition) is 1. The molecule has 4 aromatic rings. The van der Waals surface area contributed by atoms with Crippen molar-refractivity contribution in [3.63, 3.8) is 0 Å². The van der Waals surface area contributed by atoms with E-state index in [1.54, 1.807) is 45.9 Å². The van der Waals surface area contributed by atoms with Gasteiger partial charge in [-0.2, -0.15) is 0 Å². The van der Waals surface area contributed by atoms with Gasteiger partial charge in [-0.05, 0) is 108 Å². The molecule has 0 spiro atoms. The summed E-state index contributed by atoms with van der Waals surface area (Å²) in [4.78, 5) is 48.7. The molecular formula is C41H49Cl2N5O5S2. The number of piperidine rings is 1. The predicted octanol–water partition coefficient (Wildman–Crippen LogP) is 9.65. The van der Waals surface area contributed by atoms with Crippen molar-refractivity contribution < 1.29 is 23.9 Å². The Morgan fingerprint density at radius 2 is 1.62 bits per heavy atom. The lowest BCUT2D eigenvalue weighted by Crippen LogP contribution is -2.49. The first-order valence-electron chi connectivity index (χ1n) is 18.2. The van der Waals surface area contributed by atoms with E-state index in [-0.39, 0.29) is 24.0 Å². The van der Waals surface area contributed by atoms with Crippen molar-refractivity contribution in [2.45, 2.75) is 102 Å². The van der Waals surface area contributed by atoms with Crippen LogP contribution in [-0.2, 0) is 27.3 Å². The van der Waals surface area contributed by atoms with Gasteiger partial charge in [-0.15, -0.1) is 11.3 Å². The van der Waals surface area contributed by atoms with Crippen LogP contribution in [0.5, 0.6) is 5.75 Å². The Bertz CT molecular complexity index is 1970. The number of aromatic nitrogens is 1. The van der Waals surface area contributed by atoms with E-state index < -0.39 is 23.6 Å². The molecular weight excluding hydrogens is 778 g/mol. The van der Waals surface area contributed by atoms with Crippen LogP contribution in [0.3, 0.4) is 0 Å². The second-order valence-corrected chi connectivity index (χ2v) is 18.5. The summed E-state index contributed by atoms with van der Waals surface area (Å²) in [5, 5.41) is 2.98. The van der Waals surface area contributed by atoms with E-state index in [1.165, 1.54) is 23.3 Å². The molecule has 1 fully saturated rings. The number of nitrogens with two attached hydrogens (primary N) is 1. The Balaban J connectivity index is 1.28. The topological polar surface area (TPSA) is 118 Å². The van der Waals surface area contributed by atoms with Crippen molar-refractivity contribution in [3.05, 3.63) is 93.3 Å². The second kappa shape index (κ2) is 18.1. The number of carbonyl (C=O) groups is 3. The maximum absolute atomic E-state index is 14.0. The SMILES string of the molecule is CC(=O)N(Sc1nc(-c2cccc(N(C(=O)OC(C)(C)C)C(=O)[C@@H](N)Cc3ccc(OC(C)(C)C)cc3)c2)cs1)C1CCN(Cc2ccc(Cl)c(Cl)c2)CC1. The van der Waals surface area contributed by atoms with E-state index in [1.807, 2.05) is 79.0 Å². The van der Waals surface area contributed by atoms with Crippen LogP contribution in [0.1, 0.15) is 72.4 Å². The Morgan fingerprint density at radius 1 is 0.945 bits per heavy atom. The molecule has 1 saturated heterocycles. The Morgan fingerprint density at radius 3 is 2.24 bits per heavy atom. The van der Waals surface area contributed by atoms with Gasteiger partial charge in [0.2, 0.25) is 5.91 Å². The number of benzene rings is 3. The van der Waals surface area contributed by atoms with Gasteiger partial charge in [-0.1, -0.05) is 53.5 Å². The molecule has 2 heterocycles. The average Bonchev–Trinajstić information content (AvgIpc) is 3.58. The fraction of sp³-hybridized carbons (Fsp3) is 0.415. The standard InChI is InChI=1S/C41H49Cl2N5O5S2/c1-26(49)48(30-17-19-46(20-18-30)24-28-13-16-33(42)34(43)21-28)55-38-45-36(25-54-38)29-9-8-10-31(23-29)47(39(51)53-41(5,6)7)37(50)35(44)22-27-11-14-32(15-12-27)52-40(2,3)4/h8-16,21,23,25,30,35H,17-20,22,24,44H2,1-7H3/t35-/m0/s1. The second-order valence-electron chi connectivity index (χ2n) is 15.6. The number of thiazole rings is 1. The summed E-state index contributed by atoms with van der Waals surface area (Å²) in [6.45, 7) is 15.1. The summed E-state index contributed by atoms with van der Waals surface area (Å²) in [6.07, 6.45) is 1.01. The van der Waals surface area contributed by atoms with Gasteiger partial charge in [0.1, 0.15) is 17.0 Å². The summed E-state index contributed by atoms with van der Waals surface area (Å²) < 4.78 is 14.1. The van der Waals surface area contributed by atoms with Crippen molar-refractivity contribution in [2.75, 3.05) is 18.0 Å².